The largest absolute Gasteiger partial charge is 0.310 e. The second kappa shape index (κ2) is 7.81. The lowest BCUT2D eigenvalue weighted by atomic mass is 10.0. The molecular formula is C25H20BrN. The summed E-state index contributed by atoms with van der Waals surface area (Å²) < 4.78 is 1.08. The Morgan fingerprint density at radius 2 is 1.11 bits per heavy atom. The van der Waals surface area contributed by atoms with Crippen molar-refractivity contribution >= 4 is 33.0 Å². The van der Waals surface area contributed by atoms with E-state index in [0.717, 1.165) is 21.5 Å². The van der Waals surface area contributed by atoms with E-state index in [9.17, 15) is 0 Å². The van der Waals surface area contributed by atoms with Crippen LogP contribution in [0.2, 0.25) is 0 Å². The number of hydrogen-bond donors (Lipinski definition) is 0. The zero-order valence-electron chi connectivity index (χ0n) is 15.1. The first-order chi connectivity index (χ1) is 13.2. The minimum Gasteiger partial charge on any atom is -0.310 e. The summed E-state index contributed by atoms with van der Waals surface area (Å²) >= 11 is 3.64. The average Bonchev–Trinajstić information content (AvgIpc) is 2.70. The van der Waals surface area contributed by atoms with Crippen LogP contribution in [0.5, 0.6) is 0 Å². The van der Waals surface area contributed by atoms with Crippen molar-refractivity contribution in [2.24, 2.45) is 0 Å². The van der Waals surface area contributed by atoms with Gasteiger partial charge in [-0.25, -0.2) is 0 Å². The van der Waals surface area contributed by atoms with Crippen LogP contribution < -0.4 is 4.90 Å². The lowest BCUT2D eigenvalue weighted by Crippen LogP contribution is -2.10. The van der Waals surface area contributed by atoms with Gasteiger partial charge in [0.1, 0.15) is 0 Å². The standard InChI is InChI=1S/C25H20BrN/c1-19-16-22(26)18-25(17-19)27(23-10-6-3-7-11-23)24-14-12-21(13-15-24)20-8-4-2-5-9-20/h2-18H,1H3. The molecule has 4 rings (SSSR count). The summed E-state index contributed by atoms with van der Waals surface area (Å²) in [5, 5.41) is 0. The normalized spacial score (nSPS) is 10.6. The summed E-state index contributed by atoms with van der Waals surface area (Å²) in [6.45, 7) is 2.12. The van der Waals surface area contributed by atoms with E-state index in [1.165, 1.54) is 16.7 Å². The molecule has 0 heterocycles. The smallest absolute Gasteiger partial charge is 0.0475 e. The number of nitrogens with zero attached hydrogens (tertiary/aromatic N) is 1. The predicted molar refractivity (Wildman–Crippen MR) is 119 cm³/mol. The maximum absolute atomic E-state index is 3.64. The van der Waals surface area contributed by atoms with Crippen LogP contribution in [0.4, 0.5) is 17.1 Å². The maximum atomic E-state index is 3.64. The molecule has 4 aromatic carbocycles. The van der Waals surface area contributed by atoms with E-state index < -0.39 is 0 Å². The minimum absolute atomic E-state index is 1.08. The average molecular weight is 414 g/mol. The Bertz CT molecular complexity index is 1000. The summed E-state index contributed by atoms with van der Waals surface area (Å²) in [5.74, 6) is 0. The van der Waals surface area contributed by atoms with E-state index in [1.54, 1.807) is 0 Å². The number of anilines is 3. The van der Waals surface area contributed by atoms with Crippen molar-refractivity contribution in [1.82, 2.24) is 0 Å². The van der Waals surface area contributed by atoms with E-state index in [2.05, 4.69) is 119 Å². The Morgan fingerprint density at radius 1 is 0.556 bits per heavy atom. The third-order valence-electron chi connectivity index (χ3n) is 4.53. The number of halogens is 1. The lowest BCUT2D eigenvalue weighted by molar-refractivity contribution is 1.27. The quantitative estimate of drug-likeness (QED) is 0.328. The Kier molecular flexibility index (Phi) is 5.08. The van der Waals surface area contributed by atoms with Crippen molar-refractivity contribution in [3.8, 4) is 11.1 Å². The first-order valence-corrected chi connectivity index (χ1v) is 9.78. The second-order valence-electron chi connectivity index (χ2n) is 6.57. The van der Waals surface area contributed by atoms with Gasteiger partial charge < -0.3 is 4.90 Å². The molecule has 0 saturated carbocycles. The van der Waals surface area contributed by atoms with Crippen LogP contribution in [0.15, 0.2) is 108 Å². The molecule has 4 aromatic rings. The van der Waals surface area contributed by atoms with Crippen molar-refractivity contribution < 1.29 is 0 Å². The molecule has 0 aliphatic rings. The minimum atomic E-state index is 1.08. The molecule has 0 aliphatic heterocycles. The van der Waals surface area contributed by atoms with Crippen molar-refractivity contribution in [1.29, 1.82) is 0 Å². The van der Waals surface area contributed by atoms with Crippen LogP contribution in [-0.4, -0.2) is 0 Å². The van der Waals surface area contributed by atoms with Gasteiger partial charge in [0.2, 0.25) is 0 Å². The molecule has 0 saturated heterocycles. The first-order valence-electron chi connectivity index (χ1n) is 8.98. The fourth-order valence-corrected chi connectivity index (χ4v) is 3.90. The van der Waals surface area contributed by atoms with E-state index >= 15 is 0 Å². The van der Waals surface area contributed by atoms with Crippen LogP contribution >= 0.6 is 15.9 Å². The number of aryl methyl sites for hydroxylation is 1. The predicted octanol–water partition coefficient (Wildman–Crippen LogP) is 7.89. The highest BCUT2D eigenvalue weighted by molar-refractivity contribution is 9.10. The van der Waals surface area contributed by atoms with Crippen molar-refractivity contribution in [2.45, 2.75) is 6.92 Å². The summed E-state index contributed by atoms with van der Waals surface area (Å²) in [6.07, 6.45) is 0. The summed E-state index contributed by atoms with van der Waals surface area (Å²) in [4.78, 5) is 2.28. The molecule has 132 valence electrons. The molecule has 0 amide bonds. The Morgan fingerprint density at radius 3 is 1.74 bits per heavy atom. The molecule has 0 bridgehead atoms. The van der Waals surface area contributed by atoms with Gasteiger partial charge in [0, 0.05) is 21.5 Å². The summed E-state index contributed by atoms with van der Waals surface area (Å²) in [6, 6.07) is 36.2. The third kappa shape index (κ3) is 3.96. The molecule has 0 atom stereocenters. The molecule has 0 radical (unpaired) electrons. The van der Waals surface area contributed by atoms with Crippen LogP contribution in [-0.2, 0) is 0 Å². The van der Waals surface area contributed by atoms with E-state index in [4.69, 9.17) is 0 Å². The van der Waals surface area contributed by atoms with Gasteiger partial charge in [-0.3, -0.25) is 0 Å². The zero-order chi connectivity index (χ0) is 18.6. The molecular weight excluding hydrogens is 394 g/mol. The Balaban J connectivity index is 1.79. The fraction of sp³-hybridized carbons (Fsp3) is 0.0400. The van der Waals surface area contributed by atoms with Crippen LogP contribution in [0.3, 0.4) is 0 Å². The van der Waals surface area contributed by atoms with Crippen LogP contribution in [0.1, 0.15) is 5.56 Å². The second-order valence-corrected chi connectivity index (χ2v) is 7.49. The van der Waals surface area contributed by atoms with Gasteiger partial charge in [0.15, 0.2) is 0 Å². The molecule has 1 nitrogen and oxygen atoms in total. The highest BCUT2D eigenvalue weighted by atomic mass is 79.9. The molecule has 0 unspecified atom stereocenters. The first kappa shape index (κ1) is 17.6. The Labute approximate surface area is 169 Å². The summed E-state index contributed by atoms with van der Waals surface area (Å²) in [5.41, 5.74) is 7.09. The zero-order valence-corrected chi connectivity index (χ0v) is 16.7. The number of para-hydroxylation sites is 1. The molecule has 0 N–H and O–H groups in total. The van der Waals surface area contributed by atoms with Gasteiger partial charge in [0.05, 0.1) is 0 Å². The SMILES string of the molecule is Cc1cc(Br)cc(N(c2ccccc2)c2ccc(-c3ccccc3)cc2)c1. The van der Waals surface area contributed by atoms with E-state index in [1.807, 2.05) is 12.1 Å². The molecule has 27 heavy (non-hydrogen) atoms. The monoisotopic (exact) mass is 413 g/mol. The summed E-state index contributed by atoms with van der Waals surface area (Å²) in [7, 11) is 0. The number of hydrogen-bond acceptors (Lipinski definition) is 1. The number of benzene rings is 4. The van der Waals surface area contributed by atoms with E-state index in [0.29, 0.717) is 0 Å². The molecule has 2 heteroatoms. The maximum Gasteiger partial charge on any atom is 0.0475 e. The fourth-order valence-electron chi connectivity index (χ4n) is 3.30. The van der Waals surface area contributed by atoms with Gasteiger partial charge in [-0.05, 0) is 66.1 Å². The van der Waals surface area contributed by atoms with E-state index in [-0.39, 0.29) is 0 Å². The number of rotatable bonds is 4. The van der Waals surface area contributed by atoms with Gasteiger partial charge in [-0.15, -0.1) is 0 Å². The van der Waals surface area contributed by atoms with Crippen LogP contribution in [0, 0.1) is 6.92 Å². The van der Waals surface area contributed by atoms with Gasteiger partial charge in [0.25, 0.3) is 0 Å². The lowest BCUT2D eigenvalue weighted by Gasteiger charge is -2.26. The van der Waals surface area contributed by atoms with Gasteiger partial charge >= 0.3 is 0 Å². The third-order valence-corrected chi connectivity index (χ3v) is 4.99. The molecule has 0 spiro atoms. The van der Waals surface area contributed by atoms with Gasteiger partial charge in [-0.2, -0.15) is 0 Å². The van der Waals surface area contributed by atoms with Crippen LogP contribution in [0.25, 0.3) is 11.1 Å². The Hall–Kier alpha value is -2.84. The van der Waals surface area contributed by atoms with Gasteiger partial charge in [-0.1, -0.05) is 76.6 Å². The molecule has 0 aromatic heterocycles. The van der Waals surface area contributed by atoms with Crippen molar-refractivity contribution in [3.05, 3.63) is 113 Å². The molecule has 0 aliphatic carbocycles. The molecule has 0 fully saturated rings. The van der Waals surface area contributed by atoms with Crippen molar-refractivity contribution in [3.63, 3.8) is 0 Å². The highest BCUT2D eigenvalue weighted by Gasteiger charge is 2.13. The van der Waals surface area contributed by atoms with Crippen molar-refractivity contribution in [2.75, 3.05) is 4.90 Å². The highest BCUT2D eigenvalue weighted by Crippen LogP contribution is 2.37. The topological polar surface area (TPSA) is 3.24 Å².